The quantitative estimate of drug-likeness (QED) is 0.869. The van der Waals surface area contributed by atoms with Crippen molar-refractivity contribution in [1.82, 2.24) is 9.97 Å². The third kappa shape index (κ3) is 2.47. The van der Waals surface area contributed by atoms with E-state index in [4.69, 9.17) is 15.2 Å². The normalized spacial score (nSPS) is 16.9. The molecule has 5 heteroatoms. The molecule has 1 aromatic carbocycles. The van der Waals surface area contributed by atoms with Crippen molar-refractivity contribution in [1.29, 1.82) is 0 Å². The minimum absolute atomic E-state index is 0.255. The van der Waals surface area contributed by atoms with E-state index in [1.54, 1.807) is 7.11 Å². The number of rotatable bonds is 4. The number of hydrogen-bond donors (Lipinski definition) is 2. The fourth-order valence-electron chi connectivity index (χ4n) is 2.17. The van der Waals surface area contributed by atoms with Gasteiger partial charge in [-0.15, -0.1) is 0 Å². The Balaban J connectivity index is 1.76. The molecule has 2 heterocycles. The number of aromatic nitrogens is 2. The molecule has 0 spiro atoms. The molecule has 3 rings (SSSR count). The maximum absolute atomic E-state index is 6.12. The van der Waals surface area contributed by atoms with E-state index in [1.807, 2.05) is 30.5 Å². The third-order valence-electron chi connectivity index (χ3n) is 3.33. The van der Waals surface area contributed by atoms with E-state index < -0.39 is 0 Å². The Kier molecular flexibility index (Phi) is 3.00. The first-order valence-electron chi connectivity index (χ1n) is 6.23. The number of nitrogens with one attached hydrogen (secondary N) is 1. The summed E-state index contributed by atoms with van der Waals surface area (Å²) in [4.78, 5) is 7.68. The predicted octanol–water partition coefficient (Wildman–Crippen LogP) is 1.36. The number of methoxy groups -OCH3 is 1. The average molecular weight is 259 g/mol. The van der Waals surface area contributed by atoms with Gasteiger partial charge in [-0.2, -0.15) is 0 Å². The lowest BCUT2D eigenvalue weighted by molar-refractivity contribution is -0.0537. The standard InChI is InChI=1S/C14H17N3O2/c1-18-11-4-2-10(3-5-11)12-7-16-13(17-12)6-14(15)8-19-9-14/h2-5,7H,6,8-9,15H2,1H3,(H,16,17). The van der Waals surface area contributed by atoms with Gasteiger partial charge in [-0.1, -0.05) is 0 Å². The molecular formula is C14H17N3O2. The number of benzene rings is 1. The zero-order valence-corrected chi connectivity index (χ0v) is 10.8. The number of H-pyrrole nitrogens is 1. The molecule has 100 valence electrons. The summed E-state index contributed by atoms with van der Waals surface area (Å²) in [6.07, 6.45) is 2.54. The minimum atomic E-state index is -0.255. The first kappa shape index (κ1) is 12.2. The largest absolute Gasteiger partial charge is 0.497 e. The van der Waals surface area contributed by atoms with Crippen molar-refractivity contribution < 1.29 is 9.47 Å². The molecule has 0 radical (unpaired) electrons. The second kappa shape index (κ2) is 4.68. The molecule has 0 bridgehead atoms. The Morgan fingerprint density at radius 1 is 1.37 bits per heavy atom. The van der Waals surface area contributed by atoms with Crippen LogP contribution in [0.5, 0.6) is 5.75 Å². The predicted molar refractivity (Wildman–Crippen MR) is 72.0 cm³/mol. The zero-order chi connectivity index (χ0) is 13.3. The Hall–Kier alpha value is -1.85. The summed E-state index contributed by atoms with van der Waals surface area (Å²) in [6.45, 7) is 1.21. The molecule has 0 saturated carbocycles. The lowest BCUT2D eigenvalue weighted by Gasteiger charge is -2.37. The SMILES string of the molecule is COc1ccc(-c2cnc(CC3(N)COC3)[nH]2)cc1. The van der Waals surface area contributed by atoms with Crippen LogP contribution in [0.15, 0.2) is 30.5 Å². The van der Waals surface area contributed by atoms with Crippen LogP contribution in [-0.2, 0) is 11.2 Å². The van der Waals surface area contributed by atoms with Gasteiger partial charge in [0.1, 0.15) is 11.6 Å². The van der Waals surface area contributed by atoms with Crippen LogP contribution in [0, 0.1) is 0 Å². The molecule has 2 aromatic rings. The molecule has 3 N–H and O–H groups in total. The van der Waals surface area contributed by atoms with Gasteiger partial charge in [-0.25, -0.2) is 4.98 Å². The van der Waals surface area contributed by atoms with Crippen molar-refractivity contribution in [2.75, 3.05) is 20.3 Å². The van der Waals surface area contributed by atoms with E-state index in [1.165, 1.54) is 0 Å². The number of nitrogens with two attached hydrogens (primary N) is 1. The summed E-state index contributed by atoms with van der Waals surface area (Å²) in [7, 11) is 1.66. The molecular weight excluding hydrogens is 242 g/mol. The Morgan fingerprint density at radius 2 is 2.11 bits per heavy atom. The zero-order valence-electron chi connectivity index (χ0n) is 10.8. The molecule has 1 aliphatic rings. The highest BCUT2D eigenvalue weighted by atomic mass is 16.5. The molecule has 0 aliphatic carbocycles. The fourth-order valence-corrected chi connectivity index (χ4v) is 2.17. The van der Waals surface area contributed by atoms with Crippen LogP contribution in [0.4, 0.5) is 0 Å². The lowest BCUT2D eigenvalue weighted by Crippen LogP contribution is -2.59. The summed E-state index contributed by atoms with van der Waals surface area (Å²) in [5.74, 6) is 1.74. The van der Waals surface area contributed by atoms with Crippen LogP contribution < -0.4 is 10.5 Å². The van der Waals surface area contributed by atoms with Crippen molar-refractivity contribution in [3.63, 3.8) is 0 Å². The van der Waals surface area contributed by atoms with Crippen LogP contribution in [0.2, 0.25) is 0 Å². The summed E-state index contributed by atoms with van der Waals surface area (Å²) in [5.41, 5.74) is 7.93. The Labute approximate surface area is 111 Å². The van der Waals surface area contributed by atoms with E-state index in [9.17, 15) is 0 Å². The van der Waals surface area contributed by atoms with Gasteiger partial charge in [0, 0.05) is 6.42 Å². The number of ether oxygens (including phenoxy) is 2. The van der Waals surface area contributed by atoms with Gasteiger partial charge in [0.25, 0.3) is 0 Å². The number of hydrogen-bond acceptors (Lipinski definition) is 4. The van der Waals surface area contributed by atoms with Crippen LogP contribution in [0.1, 0.15) is 5.82 Å². The molecule has 1 aliphatic heterocycles. The van der Waals surface area contributed by atoms with E-state index in [0.29, 0.717) is 19.6 Å². The second-order valence-electron chi connectivity index (χ2n) is 5.00. The first-order chi connectivity index (χ1) is 9.18. The number of imidazole rings is 1. The van der Waals surface area contributed by atoms with Gasteiger partial charge in [0.15, 0.2) is 0 Å². The third-order valence-corrected chi connectivity index (χ3v) is 3.33. The van der Waals surface area contributed by atoms with Gasteiger partial charge in [-0.3, -0.25) is 0 Å². The van der Waals surface area contributed by atoms with E-state index in [2.05, 4.69) is 9.97 Å². The van der Waals surface area contributed by atoms with Gasteiger partial charge in [0.2, 0.25) is 0 Å². The smallest absolute Gasteiger partial charge is 0.118 e. The molecule has 5 nitrogen and oxygen atoms in total. The monoisotopic (exact) mass is 259 g/mol. The molecule has 1 aromatic heterocycles. The van der Waals surface area contributed by atoms with Crippen molar-refractivity contribution >= 4 is 0 Å². The molecule has 1 saturated heterocycles. The maximum Gasteiger partial charge on any atom is 0.118 e. The topological polar surface area (TPSA) is 73.2 Å². The van der Waals surface area contributed by atoms with Gasteiger partial charge in [-0.05, 0) is 29.8 Å². The molecule has 0 amide bonds. The molecule has 0 atom stereocenters. The van der Waals surface area contributed by atoms with Crippen molar-refractivity contribution in [3.05, 3.63) is 36.3 Å². The van der Waals surface area contributed by atoms with Crippen LogP contribution >= 0.6 is 0 Å². The number of aromatic amines is 1. The van der Waals surface area contributed by atoms with Crippen LogP contribution in [0.25, 0.3) is 11.3 Å². The van der Waals surface area contributed by atoms with Crippen LogP contribution in [0.3, 0.4) is 0 Å². The first-order valence-corrected chi connectivity index (χ1v) is 6.23. The molecule has 19 heavy (non-hydrogen) atoms. The molecule has 1 fully saturated rings. The van der Waals surface area contributed by atoms with Gasteiger partial charge in [0.05, 0.1) is 37.8 Å². The average Bonchev–Trinajstić information content (AvgIpc) is 2.85. The van der Waals surface area contributed by atoms with Gasteiger partial charge < -0.3 is 20.2 Å². The highest BCUT2D eigenvalue weighted by Crippen LogP contribution is 2.23. The number of nitrogens with zero attached hydrogens (tertiary/aromatic N) is 1. The maximum atomic E-state index is 6.12. The van der Waals surface area contributed by atoms with Gasteiger partial charge >= 0.3 is 0 Å². The van der Waals surface area contributed by atoms with Crippen molar-refractivity contribution in [2.45, 2.75) is 12.0 Å². The summed E-state index contributed by atoms with van der Waals surface area (Å²) < 4.78 is 10.3. The van der Waals surface area contributed by atoms with E-state index in [0.717, 1.165) is 22.8 Å². The Bertz CT molecular complexity index is 558. The van der Waals surface area contributed by atoms with E-state index >= 15 is 0 Å². The summed E-state index contributed by atoms with van der Waals surface area (Å²) >= 11 is 0. The van der Waals surface area contributed by atoms with Crippen molar-refractivity contribution in [3.8, 4) is 17.0 Å². The minimum Gasteiger partial charge on any atom is -0.497 e. The second-order valence-corrected chi connectivity index (χ2v) is 5.00. The summed E-state index contributed by atoms with van der Waals surface area (Å²) in [5, 5.41) is 0. The fraction of sp³-hybridized carbons (Fsp3) is 0.357. The molecule has 0 unspecified atom stereocenters. The van der Waals surface area contributed by atoms with E-state index in [-0.39, 0.29) is 5.54 Å². The van der Waals surface area contributed by atoms with Crippen molar-refractivity contribution in [2.24, 2.45) is 5.73 Å². The van der Waals surface area contributed by atoms with Crippen LogP contribution in [-0.4, -0.2) is 35.8 Å². The lowest BCUT2D eigenvalue weighted by atomic mass is 9.94. The highest BCUT2D eigenvalue weighted by Gasteiger charge is 2.35. The summed E-state index contributed by atoms with van der Waals surface area (Å²) in [6, 6.07) is 7.86. The Morgan fingerprint density at radius 3 is 2.68 bits per heavy atom. The highest BCUT2D eigenvalue weighted by molar-refractivity contribution is 5.59.